The van der Waals surface area contributed by atoms with Gasteiger partial charge in [0.25, 0.3) is 10.1 Å². The number of benzene rings is 2. The summed E-state index contributed by atoms with van der Waals surface area (Å²) in [5.74, 6) is -0.402. The largest absolute Gasteiger partial charge is 0.396 e. The quantitative estimate of drug-likeness (QED) is 0.562. The fraction of sp³-hybridized carbons (Fsp3) is 0.211. The van der Waals surface area contributed by atoms with E-state index in [-0.39, 0.29) is 11.5 Å². The Balaban J connectivity index is 0.000000208. The molecule has 1 heterocycles. The number of amides is 1. The van der Waals surface area contributed by atoms with Crippen molar-refractivity contribution >= 4 is 37.4 Å². The van der Waals surface area contributed by atoms with Gasteiger partial charge in [-0.1, -0.05) is 17.7 Å². The highest BCUT2D eigenvalue weighted by Gasteiger charge is 2.08. The van der Waals surface area contributed by atoms with Gasteiger partial charge in [0.1, 0.15) is 0 Å². The highest BCUT2D eigenvalue weighted by Crippen LogP contribution is 2.27. The highest BCUT2D eigenvalue weighted by atomic mass is 32.2. The number of hydrogen-bond donors (Lipinski definition) is 3. The van der Waals surface area contributed by atoms with Crippen LogP contribution in [0.4, 0.5) is 0 Å². The molecule has 3 rings (SSSR count). The zero-order valence-electron chi connectivity index (χ0n) is 14.8. The molecule has 0 aliphatic rings. The lowest BCUT2D eigenvalue weighted by molar-refractivity contribution is 0.100. The molecule has 1 amide bonds. The molecule has 0 fully saturated rings. The molecule has 0 saturated heterocycles. The predicted octanol–water partition coefficient (Wildman–Crippen LogP) is 3.17. The Labute approximate surface area is 162 Å². The van der Waals surface area contributed by atoms with Crippen molar-refractivity contribution in [2.75, 3.05) is 6.61 Å². The van der Waals surface area contributed by atoms with Crippen LogP contribution in [0.5, 0.6) is 0 Å². The summed E-state index contributed by atoms with van der Waals surface area (Å²) < 4.78 is 30.7. The number of primary amides is 1. The van der Waals surface area contributed by atoms with Crippen molar-refractivity contribution in [3.8, 4) is 0 Å². The first kappa shape index (κ1) is 21.0. The molecule has 144 valence electrons. The van der Waals surface area contributed by atoms with Crippen molar-refractivity contribution in [1.82, 2.24) is 0 Å². The molecule has 0 radical (unpaired) electrons. The van der Waals surface area contributed by atoms with Gasteiger partial charge in [-0.2, -0.15) is 8.42 Å². The van der Waals surface area contributed by atoms with Crippen LogP contribution in [0.1, 0.15) is 27.9 Å². The second-order valence-electron chi connectivity index (χ2n) is 5.95. The number of carbonyl (C=O) groups is 1. The second-order valence-corrected chi connectivity index (χ2v) is 8.28. The van der Waals surface area contributed by atoms with Crippen molar-refractivity contribution in [2.45, 2.75) is 24.7 Å². The first-order valence-corrected chi connectivity index (χ1v) is 10.5. The topological polar surface area (TPSA) is 118 Å². The van der Waals surface area contributed by atoms with Crippen molar-refractivity contribution < 1.29 is 22.9 Å². The molecular formula is C19H21NO5S2. The van der Waals surface area contributed by atoms with Crippen molar-refractivity contribution in [1.29, 1.82) is 0 Å². The average Bonchev–Trinajstić information content (AvgIpc) is 3.02. The lowest BCUT2D eigenvalue weighted by Crippen LogP contribution is -2.10. The number of aryl methyl sites for hydroxylation is 2. The molecule has 4 N–H and O–H groups in total. The summed E-state index contributed by atoms with van der Waals surface area (Å²) >= 11 is 1.65. The monoisotopic (exact) mass is 407 g/mol. The van der Waals surface area contributed by atoms with Crippen LogP contribution in [0.25, 0.3) is 10.1 Å². The number of rotatable bonds is 5. The van der Waals surface area contributed by atoms with Crippen molar-refractivity contribution in [3.63, 3.8) is 0 Å². The first-order valence-electron chi connectivity index (χ1n) is 8.17. The fourth-order valence-corrected chi connectivity index (χ4v) is 3.87. The summed E-state index contributed by atoms with van der Waals surface area (Å²) in [4.78, 5) is 11.0. The van der Waals surface area contributed by atoms with Crippen LogP contribution in [0.15, 0.2) is 52.7 Å². The summed E-state index contributed by atoms with van der Waals surface area (Å²) in [7, 11) is -4.02. The van der Waals surface area contributed by atoms with E-state index in [9.17, 15) is 13.2 Å². The van der Waals surface area contributed by atoms with Gasteiger partial charge in [-0.3, -0.25) is 9.35 Å². The van der Waals surface area contributed by atoms with E-state index in [0.717, 1.165) is 28.5 Å². The van der Waals surface area contributed by atoms with Gasteiger partial charge >= 0.3 is 0 Å². The molecule has 0 aliphatic heterocycles. The van der Waals surface area contributed by atoms with Crippen LogP contribution in [0, 0.1) is 6.92 Å². The molecule has 0 atom stereocenters. The van der Waals surface area contributed by atoms with E-state index in [2.05, 4.69) is 5.38 Å². The van der Waals surface area contributed by atoms with E-state index >= 15 is 0 Å². The predicted molar refractivity (Wildman–Crippen MR) is 107 cm³/mol. The molecule has 6 nitrogen and oxygen atoms in total. The van der Waals surface area contributed by atoms with Crippen LogP contribution in [-0.2, 0) is 16.5 Å². The minimum absolute atomic E-state index is 0.0666. The summed E-state index contributed by atoms with van der Waals surface area (Å²) in [6.45, 7) is 2.03. The molecule has 0 bridgehead atoms. The lowest BCUT2D eigenvalue weighted by atomic mass is 10.1. The Morgan fingerprint density at radius 3 is 2.37 bits per heavy atom. The minimum Gasteiger partial charge on any atom is -0.396 e. The number of thiophene rings is 1. The maximum atomic E-state index is 11.1. The molecule has 0 unspecified atom stereocenters. The SMILES string of the molecule is Cc1ccc(S(=O)(=O)O)cc1.NC(=O)c1ccc2scc(CCCO)c2c1. The fourth-order valence-electron chi connectivity index (χ4n) is 2.41. The Morgan fingerprint density at radius 2 is 1.81 bits per heavy atom. The number of nitrogens with two attached hydrogens (primary N) is 1. The Kier molecular flexibility index (Phi) is 7.09. The standard InChI is InChI=1S/C12H13NO2S.C7H8O3S/c13-12(15)8-3-4-11-10(6-8)9(7-16-11)2-1-5-14;1-6-2-4-7(5-3-6)11(8,9)10/h3-4,6-7,14H,1-2,5H2,(H2,13,15);2-5H,1H3,(H,8,9,10). The number of fused-ring (bicyclic) bond motifs is 1. The molecule has 8 heteroatoms. The van der Waals surface area contributed by atoms with E-state index in [1.165, 1.54) is 17.7 Å². The molecule has 0 aliphatic carbocycles. The number of carbonyl (C=O) groups excluding carboxylic acids is 1. The molecule has 3 aromatic rings. The van der Waals surface area contributed by atoms with Gasteiger partial charge in [0, 0.05) is 16.9 Å². The summed E-state index contributed by atoms with van der Waals surface area (Å²) in [5, 5.41) is 12.0. The lowest BCUT2D eigenvalue weighted by Gasteiger charge is -1.99. The Hall–Kier alpha value is -2.26. The van der Waals surface area contributed by atoms with Crippen molar-refractivity contribution in [2.24, 2.45) is 5.73 Å². The maximum Gasteiger partial charge on any atom is 0.294 e. The number of aliphatic hydroxyl groups excluding tert-OH is 1. The molecule has 1 aromatic heterocycles. The average molecular weight is 408 g/mol. The van der Waals surface area contributed by atoms with Gasteiger partial charge in [-0.25, -0.2) is 0 Å². The van der Waals surface area contributed by atoms with Crippen LogP contribution in [-0.4, -0.2) is 30.6 Å². The minimum atomic E-state index is -4.02. The van der Waals surface area contributed by atoms with Gasteiger partial charge < -0.3 is 10.8 Å². The molecule has 2 aromatic carbocycles. The third kappa shape index (κ3) is 5.86. The van der Waals surface area contributed by atoms with E-state index in [1.54, 1.807) is 29.5 Å². The third-order valence-electron chi connectivity index (χ3n) is 3.86. The van der Waals surface area contributed by atoms with E-state index in [0.29, 0.717) is 5.56 Å². The van der Waals surface area contributed by atoms with E-state index in [1.807, 2.05) is 19.1 Å². The zero-order valence-corrected chi connectivity index (χ0v) is 16.4. The molecule has 0 saturated carbocycles. The Bertz CT molecular complexity index is 1020. The summed E-state index contributed by atoms with van der Waals surface area (Å²) in [5.41, 5.74) is 7.92. The van der Waals surface area contributed by atoms with Crippen LogP contribution in [0.3, 0.4) is 0 Å². The maximum absolute atomic E-state index is 11.1. The van der Waals surface area contributed by atoms with Crippen LogP contribution < -0.4 is 5.73 Å². The summed E-state index contributed by atoms with van der Waals surface area (Å²) in [6, 6.07) is 11.5. The van der Waals surface area contributed by atoms with Gasteiger partial charge in [-0.15, -0.1) is 11.3 Å². The van der Waals surface area contributed by atoms with Gasteiger partial charge in [0.05, 0.1) is 4.90 Å². The highest BCUT2D eigenvalue weighted by molar-refractivity contribution is 7.85. The second kappa shape index (κ2) is 9.09. The Morgan fingerprint density at radius 1 is 1.15 bits per heavy atom. The van der Waals surface area contributed by atoms with Gasteiger partial charge in [-0.05, 0) is 66.4 Å². The summed E-state index contributed by atoms with van der Waals surface area (Å²) in [6.07, 6.45) is 1.57. The van der Waals surface area contributed by atoms with Gasteiger partial charge in [0.15, 0.2) is 0 Å². The molecular weight excluding hydrogens is 386 g/mol. The molecule has 27 heavy (non-hydrogen) atoms. The molecule has 0 spiro atoms. The zero-order chi connectivity index (χ0) is 20.0. The normalized spacial score (nSPS) is 11.1. The van der Waals surface area contributed by atoms with Gasteiger partial charge in [0.2, 0.25) is 5.91 Å². The number of aliphatic hydroxyl groups is 1. The van der Waals surface area contributed by atoms with E-state index < -0.39 is 16.0 Å². The third-order valence-corrected chi connectivity index (χ3v) is 5.74. The van der Waals surface area contributed by atoms with Crippen LogP contribution in [0.2, 0.25) is 0 Å². The number of hydrogen-bond acceptors (Lipinski definition) is 5. The first-order chi connectivity index (χ1) is 12.7. The van der Waals surface area contributed by atoms with Crippen molar-refractivity contribution in [3.05, 3.63) is 64.5 Å². The smallest absolute Gasteiger partial charge is 0.294 e. The van der Waals surface area contributed by atoms with E-state index in [4.69, 9.17) is 15.4 Å². The van der Waals surface area contributed by atoms with Crippen LogP contribution >= 0.6 is 11.3 Å².